The largest absolute Gasteiger partial charge is 0.465 e. The van der Waals surface area contributed by atoms with Gasteiger partial charge < -0.3 is 10.0 Å². The smallest absolute Gasteiger partial charge is 0.414 e. The van der Waals surface area contributed by atoms with Crippen LogP contribution in [0.3, 0.4) is 0 Å². The lowest BCUT2D eigenvalue weighted by molar-refractivity contribution is 0.167. The lowest BCUT2D eigenvalue weighted by Gasteiger charge is -2.31. The molecule has 0 aliphatic carbocycles. The average molecular weight is 429 g/mol. The number of amides is 1. The second-order valence-electron chi connectivity index (χ2n) is 6.02. The normalized spacial score (nSPS) is 14.0. The number of guanidine groups is 1. The Kier molecular flexibility index (Phi) is 7.78. The summed E-state index contributed by atoms with van der Waals surface area (Å²) in [5.74, 6) is 0.400. The Morgan fingerprint density at radius 2 is 1.78 bits per heavy atom. The molecule has 5 nitrogen and oxygen atoms in total. The van der Waals surface area contributed by atoms with Crippen molar-refractivity contribution in [3.8, 4) is 0 Å². The van der Waals surface area contributed by atoms with Gasteiger partial charge in [0.2, 0.25) is 5.96 Å². The summed E-state index contributed by atoms with van der Waals surface area (Å²) < 4.78 is 0. The molecule has 3 rings (SSSR count). The van der Waals surface area contributed by atoms with Gasteiger partial charge in [0.15, 0.2) is 0 Å². The molecule has 1 aliphatic rings. The van der Waals surface area contributed by atoms with Gasteiger partial charge in [0.1, 0.15) is 0 Å². The zero-order valence-electron chi connectivity index (χ0n) is 14.5. The predicted molar refractivity (Wildman–Crippen MR) is 113 cm³/mol. The van der Waals surface area contributed by atoms with Gasteiger partial charge >= 0.3 is 6.09 Å². The summed E-state index contributed by atoms with van der Waals surface area (Å²) in [5, 5.41) is 10.8. The summed E-state index contributed by atoms with van der Waals surface area (Å²) in [6, 6.07) is 14.7. The van der Waals surface area contributed by atoms with Crippen molar-refractivity contribution in [3.05, 3.63) is 64.1 Å². The van der Waals surface area contributed by atoms with Gasteiger partial charge in [-0.1, -0.05) is 53.5 Å². The third-order valence-corrected chi connectivity index (χ3v) is 4.54. The first-order chi connectivity index (χ1) is 12.5. The van der Waals surface area contributed by atoms with Crippen LogP contribution >= 0.6 is 35.6 Å². The molecule has 0 atom stereocenters. The molecule has 27 heavy (non-hydrogen) atoms. The van der Waals surface area contributed by atoms with E-state index in [1.54, 1.807) is 18.2 Å². The molecule has 0 fully saturated rings. The second kappa shape index (κ2) is 9.83. The molecule has 0 unspecified atom stereocenters. The summed E-state index contributed by atoms with van der Waals surface area (Å²) in [6.07, 6.45) is 0.746. The number of anilines is 1. The van der Waals surface area contributed by atoms with Crippen molar-refractivity contribution < 1.29 is 9.90 Å². The van der Waals surface area contributed by atoms with Gasteiger partial charge in [0.05, 0.1) is 6.54 Å². The van der Waals surface area contributed by atoms with Crippen molar-refractivity contribution in [3.63, 3.8) is 0 Å². The lowest BCUT2D eigenvalue weighted by atomic mass is 10.2. The Bertz CT molecular complexity index is 795. The van der Waals surface area contributed by atoms with Crippen molar-refractivity contribution in [1.29, 1.82) is 0 Å². The summed E-state index contributed by atoms with van der Waals surface area (Å²) in [4.78, 5) is 19.7. The molecule has 0 saturated heterocycles. The van der Waals surface area contributed by atoms with E-state index in [-0.39, 0.29) is 19.0 Å². The van der Waals surface area contributed by atoms with Crippen LogP contribution in [0.25, 0.3) is 0 Å². The molecular formula is C19H20Cl3N3O2. The highest BCUT2D eigenvalue weighted by Gasteiger charge is 2.27. The van der Waals surface area contributed by atoms with E-state index in [4.69, 9.17) is 23.2 Å². The molecule has 1 amide bonds. The van der Waals surface area contributed by atoms with E-state index >= 15 is 0 Å². The molecule has 144 valence electrons. The maximum absolute atomic E-state index is 12.0. The summed E-state index contributed by atoms with van der Waals surface area (Å²) in [7, 11) is 0. The highest BCUT2D eigenvalue weighted by atomic mass is 35.5. The van der Waals surface area contributed by atoms with Gasteiger partial charge in [0.25, 0.3) is 0 Å². The molecule has 2 aromatic rings. The number of nitrogens with zero attached hydrogens (tertiary/aromatic N) is 3. The van der Waals surface area contributed by atoms with Crippen LogP contribution in [0.2, 0.25) is 10.0 Å². The Labute approximate surface area is 174 Å². The minimum absolute atomic E-state index is 0. The van der Waals surface area contributed by atoms with Crippen LogP contribution in [0.5, 0.6) is 0 Å². The highest BCUT2D eigenvalue weighted by molar-refractivity contribution is 6.35. The third-order valence-electron chi connectivity index (χ3n) is 4.10. The molecule has 1 heterocycles. The zero-order chi connectivity index (χ0) is 18.5. The molecule has 2 aromatic carbocycles. The van der Waals surface area contributed by atoms with Crippen LogP contribution in [0.15, 0.2) is 53.5 Å². The SMILES string of the molecule is Cl.O=C(O)N(Cc1ccccc1)C1=NCCCCN1c1cc(Cl)cc(Cl)c1. The minimum Gasteiger partial charge on any atom is -0.465 e. The Morgan fingerprint density at radius 1 is 1.11 bits per heavy atom. The van der Waals surface area contributed by atoms with Gasteiger partial charge in [-0.3, -0.25) is 4.99 Å². The van der Waals surface area contributed by atoms with Gasteiger partial charge in [-0.05, 0) is 36.6 Å². The van der Waals surface area contributed by atoms with Crippen molar-refractivity contribution in [2.45, 2.75) is 19.4 Å². The number of carboxylic acid groups (broad SMARTS) is 1. The van der Waals surface area contributed by atoms with Crippen molar-refractivity contribution in [2.75, 3.05) is 18.0 Å². The fourth-order valence-corrected chi connectivity index (χ4v) is 3.42. The molecular weight excluding hydrogens is 409 g/mol. The van der Waals surface area contributed by atoms with Crippen LogP contribution in [-0.2, 0) is 6.54 Å². The van der Waals surface area contributed by atoms with E-state index in [1.165, 1.54) is 4.90 Å². The van der Waals surface area contributed by atoms with Crippen molar-refractivity contribution in [1.82, 2.24) is 4.90 Å². The Hall–Kier alpha value is -1.95. The second-order valence-corrected chi connectivity index (χ2v) is 6.90. The Morgan fingerprint density at radius 3 is 2.41 bits per heavy atom. The van der Waals surface area contributed by atoms with E-state index in [2.05, 4.69) is 4.99 Å². The number of hydrogen-bond acceptors (Lipinski definition) is 3. The number of carbonyl (C=O) groups is 1. The topological polar surface area (TPSA) is 56.1 Å². The van der Waals surface area contributed by atoms with Crippen LogP contribution in [0, 0.1) is 0 Å². The minimum atomic E-state index is -1.05. The van der Waals surface area contributed by atoms with Crippen LogP contribution in [0.4, 0.5) is 10.5 Å². The molecule has 1 N–H and O–H groups in total. The molecule has 0 radical (unpaired) electrons. The maximum atomic E-state index is 12.0. The van der Waals surface area contributed by atoms with E-state index < -0.39 is 6.09 Å². The summed E-state index contributed by atoms with van der Waals surface area (Å²) >= 11 is 12.3. The standard InChI is InChI=1S/C19H19Cl2N3O2.ClH/c20-15-10-16(21)12-17(11-15)23-9-5-4-8-22-18(23)24(19(25)26)13-14-6-2-1-3-7-14;/h1-3,6-7,10-12H,4-5,8-9,13H2,(H,25,26);1H. The zero-order valence-corrected chi connectivity index (χ0v) is 16.8. The monoisotopic (exact) mass is 427 g/mol. The van der Waals surface area contributed by atoms with E-state index in [0.717, 1.165) is 24.1 Å². The number of aliphatic imine (C=N–C) groups is 1. The average Bonchev–Trinajstić information content (AvgIpc) is 2.85. The Balaban J connectivity index is 0.00000261. The van der Waals surface area contributed by atoms with E-state index in [1.807, 2.05) is 35.2 Å². The molecule has 1 aliphatic heterocycles. The number of rotatable bonds is 3. The van der Waals surface area contributed by atoms with E-state index in [9.17, 15) is 9.90 Å². The summed E-state index contributed by atoms with van der Waals surface area (Å²) in [5.41, 5.74) is 1.63. The maximum Gasteiger partial charge on any atom is 0.414 e. The first-order valence-corrected chi connectivity index (χ1v) is 9.12. The molecule has 0 aromatic heterocycles. The van der Waals surface area contributed by atoms with Gasteiger partial charge in [-0.2, -0.15) is 0 Å². The third kappa shape index (κ3) is 5.51. The van der Waals surface area contributed by atoms with Crippen molar-refractivity contribution in [2.24, 2.45) is 4.99 Å². The van der Waals surface area contributed by atoms with Crippen molar-refractivity contribution >= 4 is 53.3 Å². The van der Waals surface area contributed by atoms with Crippen LogP contribution in [-0.4, -0.2) is 35.1 Å². The number of hydrogen-bond donors (Lipinski definition) is 1. The number of halogens is 3. The lowest BCUT2D eigenvalue weighted by Crippen LogP contribution is -2.46. The molecule has 8 heteroatoms. The fraction of sp³-hybridized carbons (Fsp3) is 0.263. The molecule has 0 spiro atoms. The van der Waals surface area contributed by atoms with Gasteiger partial charge in [-0.15, -0.1) is 12.4 Å². The highest BCUT2D eigenvalue weighted by Crippen LogP contribution is 2.28. The van der Waals surface area contributed by atoms with Gasteiger partial charge in [0, 0.05) is 28.8 Å². The fourth-order valence-electron chi connectivity index (χ4n) is 2.91. The van der Waals surface area contributed by atoms with E-state index in [0.29, 0.717) is 29.1 Å². The first-order valence-electron chi connectivity index (χ1n) is 8.37. The number of benzene rings is 2. The van der Waals surface area contributed by atoms with Crippen LogP contribution < -0.4 is 4.90 Å². The predicted octanol–water partition coefficient (Wildman–Crippen LogP) is 5.55. The van der Waals surface area contributed by atoms with Gasteiger partial charge in [-0.25, -0.2) is 9.69 Å². The molecule has 0 saturated carbocycles. The molecule has 0 bridgehead atoms. The van der Waals surface area contributed by atoms with Crippen LogP contribution in [0.1, 0.15) is 18.4 Å². The quantitative estimate of drug-likeness (QED) is 0.697. The summed E-state index contributed by atoms with van der Waals surface area (Å²) in [6.45, 7) is 1.45. The first kappa shape index (κ1) is 21.4.